The van der Waals surface area contributed by atoms with Gasteiger partial charge in [0.15, 0.2) is 0 Å². The van der Waals surface area contributed by atoms with E-state index in [0.29, 0.717) is 0 Å². The van der Waals surface area contributed by atoms with Gasteiger partial charge in [-0.2, -0.15) is 5.10 Å². The van der Waals surface area contributed by atoms with Gasteiger partial charge in [-0.25, -0.2) is 4.68 Å². The fourth-order valence-corrected chi connectivity index (χ4v) is 1.48. The molecular formula is C11H15N3. The second-order valence-electron chi connectivity index (χ2n) is 4.56. The van der Waals surface area contributed by atoms with Gasteiger partial charge in [0.25, 0.3) is 0 Å². The molecule has 14 heavy (non-hydrogen) atoms. The smallest absolute Gasteiger partial charge is 0.148 e. The molecule has 1 aromatic heterocycles. The minimum absolute atomic E-state index is 0.101. The summed E-state index contributed by atoms with van der Waals surface area (Å²) in [6.45, 7) is 10.9. The molecule has 0 aromatic carbocycles. The van der Waals surface area contributed by atoms with E-state index < -0.39 is 0 Å². The lowest BCUT2D eigenvalue weighted by Crippen LogP contribution is -2.14. The third-order valence-corrected chi connectivity index (χ3v) is 2.35. The largest absolute Gasteiger partial charge is 0.260 e. The Morgan fingerprint density at radius 2 is 2.21 bits per heavy atom. The van der Waals surface area contributed by atoms with E-state index in [0.717, 1.165) is 23.8 Å². The number of hydrogen-bond acceptors (Lipinski definition) is 2. The second-order valence-corrected chi connectivity index (χ2v) is 4.56. The number of allylic oxidation sites excluding steroid dienone is 1. The quantitative estimate of drug-likeness (QED) is 0.665. The van der Waals surface area contributed by atoms with E-state index in [9.17, 15) is 0 Å². The number of rotatable bonds is 1. The van der Waals surface area contributed by atoms with Crippen LogP contribution in [-0.4, -0.2) is 15.6 Å². The predicted octanol–water partition coefficient (Wildman–Crippen LogP) is 2.13. The van der Waals surface area contributed by atoms with Crippen molar-refractivity contribution in [3.8, 4) is 0 Å². The van der Waals surface area contributed by atoms with Gasteiger partial charge < -0.3 is 0 Å². The van der Waals surface area contributed by atoms with Gasteiger partial charge in [0, 0.05) is 5.41 Å². The van der Waals surface area contributed by atoms with Crippen LogP contribution in [0.1, 0.15) is 32.2 Å². The number of aromatic nitrogens is 2. The summed E-state index contributed by atoms with van der Waals surface area (Å²) < 4.78 is 1.88. The molecule has 0 spiro atoms. The Bertz CT molecular complexity index is 405. The van der Waals surface area contributed by atoms with Gasteiger partial charge in [-0.3, -0.25) is 4.99 Å². The highest BCUT2D eigenvalue weighted by atomic mass is 15.3. The molecule has 0 radical (unpaired) electrons. The van der Waals surface area contributed by atoms with Crippen LogP contribution in [0.15, 0.2) is 23.7 Å². The highest BCUT2D eigenvalue weighted by Crippen LogP contribution is 2.23. The van der Waals surface area contributed by atoms with Crippen LogP contribution in [0.4, 0.5) is 0 Å². The molecule has 1 aliphatic rings. The maximum Gasteiger partial charge on any atom is 0.148 e. The molecule has 0 bridgehead atoms. The maximum absolute atomic E-state index is 4.53. The van der Waals surface area contributed by atoms with Gasteiger partial charge >= 0.3 is 0 Å². The first-order valence-electron chi connectivity index (χ1n) is 4.79. The molecule has 1 aromatic rings. The topological polar surface area (TPSA) is 30.2 Å². The Hall–Kier alpha value is -1.38. The van der Waals surface area contributed by atoms with Crippen LogP contribution in [0.25, 0.3) is 0 Å². The normalized spacial score (nSPS) is 15.2. The predicted molar refractivity (Wildman–Crippen MR) is 57.7 cm³/mol. The molecule has 0 unspecified atom stereocenters. The van der Waals surface area contributed by atoms with Crippen LogP contribution in [0.5, 0.6) is 0 Å². The van der Waals surface area contributed by atoms with Crippen LogP contribution < -0.4 is 0 Å². The van der Waals surface area contributed by atoms with Crippen molar-refractivity contribution < 1.29 is 0 Å². The molecular weight excluding hydrogens is 174 g/mol. The minimum Gasteiger partial charge on any atom is -0.260 e. The van der Waals surface area contributed by atoms with Crippen LogP contribution in [-0.2, 0) is 12.0 Å². The molecule has 2 heterocycles. The van der Waals surface area contributed by atoms with E-state index in [1.807, 2.05) is 4.68 Å². The highest BCUT2D eigenvalue weighted by molar-refractivity contribution is 5.95. The lowest BCUT2D eigenvalue weighted by atomic mass is 9.92. The summed E-state index contributed by atoms with van der Waals surface area (Å²) in [6, 6.07) is 2.12. The summed E-state index contributed by atoms with van der Waals surface area (Å²) in [5.41, 5.74) is 2.37. The van der Waals surface area contributed by atoms with Gasteiger partial charge in [-0.05, 0) is 12.1 Å². The average molecular weight is 189 g/mol. The van der Waals surface area contributed by atoms with Gasteiger partial charge in [0.05, 0.1) is 17.9 Å². The zero-order valence-corrected chi connectivity index (χ0v) is 8.91. The molecule has 1 aliphatic heterocycles. The summed E-state index contributed by atoms with van der Waals surface area (Å²) in [4.78, 5) is 4.30. The molecule has 0 saturated carbocycles. The molecule has 74 valence electrons. The van der Waals surface area contributed by atoms with Crippen molar-refractivity contribution in [1.29, 1.82) is 0 Å². The van der Waals surface area contributed by atoms with Crippen LogP contribution in [0.2, 0.25) is 0 Å². The summed E-state index contributed by atoms with van der Waals surface area (Å²) in [7, 11) is 0. The first kappa shape index (κ1) is 9.19. The zero-order chi connectivity index (χ0) is 10.3. The van der Waals surface area contributed by atoms with E-state index in [-0.39, 0.29) is 5.41 Å². The first-order valence-corrected chi connectivity index (χ1v) is 4.79. The molecule has 3 heteroatoms. The maximum atomic E-state index is 4.53. The van der Waals surface area contributed by atoms with Gasteiger partial charge in [0.1, 0.15) is 5.84 Å². The highest BCUT2D eigenvalue weighted by Gasteiger charge is 2.22. The summed E-state index contributed by atoms with van der Waals surface area (Å²) >= 11 is 0. The summed E-state index contributed by atoms with van der Waals surface area (Å²) in [5, 5.41) is 4.53. The zero-order valence-electron chi connectivity index (χ0n) is 8.91. The molecule has 0 amide bonds. The molecule has 0 N–H and O–H groups in total. The second kappa shape index (κ2) is 2.80. The molecule has 0 atom stereocenters. The van der Waals surface area contributed by atoms with Gasteiger partial charge in [0.2, 0.25) is 0 Å². The van der Waals surface area contributed by atoms with Crippen molar-refractivity contribution in [1.82, 2.24) is 9.78 Å². The third-order valence-electron chi connectivity index (χ3n) is 2.35. The van der Waals surface area contributed by atoms with Crippen LogP contribution in [0.3, 0.4) is 0 Å². The lowest BCUT2D eigenvalue weighted by molar-refractivity contribution is 0.562. The molecule has 0 aliphatic carbocycles. The monoisotopic (exact) mass is 189 g/mol. The minimum atomic E-state index is 0.101. The lowest BCUT2D eigenvalue weighted by Gasteiger charge is -2.14. The molecule has 2 rings (SSSR count). The van der Waals surface area contributed by atoms with Crippen molar-refractivity contribution in [3.63, 3.8) is 0 Å². The third kappa shape index (κ3) is 1.29. The van der Waals surface area contributed by atoms with Crippen molar-refractivity contribution in [2.45, 2.75) is 32.7 Å². The SMILES string of the molecule is C=CC1=NCc2cc(C(C)(C)C)nn21. The Balaban J connectivity index is 2.45. The van der Waals surface area contributed by atoms with Crippen molar-refractivity contribution in [3.05, 3.63) is 30.1 Å². The van der Waals surface area contributed by atoms with E-state index in [4.69, 9.17) is 0 Å². The van der Waals surface area contributed by atoms with Gasteiger partial charge in [-0.15, -0.1) is 0 Å². The van der Waals surface area contributed by atoms with Crippen molar-refractivity contribution in [2.24, 2.45) is 4.99 Å². The molecule has 3 nitrogen and oxygen atoms in total. The van der Waals surface area contributed by atoms with Crippen molar-refractivity contribution in [2.75, 3.05) is 0 Å². The van der Waals surface area contributed by atoms with E-state index in [1.54, 1.807) is 6.08 Å². The van der Waals surface area contributed by atoms with E-state index in [1.165, 1.54) is 0 Å². The summed E-state index contributed by atoms with van der Waals surface area (Å²) in [5.74, 6) is 0.857. The van der Waals surface area contributed by atoms with E-state index >= 15 is 0 Å². The van der Waals surface area contributed by atoms with Crippen LogP contribution in [0, 0.1) is 0 Å². The first-order chi connectivity index (χ1) is 6.52. The Kier molecular flexibility index (Phi) is 1.84. The average Bonchev–Trinajstić information content (AvgIpc) is 2.58. The number of hydrogen-bond donors (Lipinski definition) is 0. The Morgan fingerprint density at radius 1 is 1.50 bits per heavy atom. The van der Waals surface area contributed by atoms with Gasteiger partial charge in [-0.1, -0.05) is 27.4 Å². The summed E-state index contributed by atoms with van der Waals surface area (Å²) in [6.07, 6.45) is 1.75. The van der Waals surface area contributed by atoms with Crippen molar-refractivity contribution >= 4 is 5.84 Å². The fourth-order valence-electron chi connectivity index (χ4n) is 1.48. The van der Waals surface area contributed by atoms with E-state index in [2.05, 4.69) is 43.5 Å². The number of nitrogens with zero attached hydrogens (tertiary/aromatic N) is 3. The fraction of sp³-hybridized carbons (Fsp3) is 0.455. The number of fused-ring (bicyclic) bond motifs is 1. The Labute approximate surface area is 84.2 Å². The molecule has 0 fully saturated rings. The molecule has 0 saturated heterocycles. The van der Waals surface area contributed by atoms with Crippen LogP contribution >= 0.6 is 0 Å². The standard InChI is InChI=1S/C11H15N3/c1-5-10-12-7-8-6-9(11(2,3)4)13-14(8)10/h5-6H,1,7H2,2-4H3. The number of aliphatic imine (C=N–C) groups is 1. The Morgan fingerprint density at radius 3 is 2.79 bits per heavy atom.